The summed E-state index contributed by atoms with van der Waals surface area (Å²) in [4.78, 5) is 34.5. The lowest BCUT2D eigenvalue weighted by Gasteiger charge is -2.11. The molecule has 1 atom stereocenters. The lowest BCUT2D eigenvalue weighted by atomic mass is 10.1. The number of ether oxygens (including phenoxy) is 2. The fourth-order valence-corrected chi connectivity index (χ4v) is 1.89. The predicted molar refractivity (Wildman–Crippen MR) is 68.6 cm³/mol. The van der Waals surface area contributed by atoms with Crippen molar-refractivity contribution in [2.45, 2.75) is 12.5 Å². The van der Waals surface area contributed by atoms with Gasteiger partial charge in [-0.1, -0.05) is 0 Å². The van der Waals surface area contributed by atoms with Crippen LogP contribution in [0.15, 0.2) is 18.2 Å². The zero-order chi connectivity index (χ0) is 14.7. The lowest BCUT2D eigenvalue weighted by Crippen LogP contribution is -2.40. The summed E-state index contributed by atoms with van der Waals surface area (Å²) >= 11 is 0. The number of imide groups is 1. The first-order valence-corrected chi connectivity index (χ1v) is 5.91. The second-order valence-electron chi connectivity index (χ2n) is 4.21. The summed E-state index contributed by atoms with van der Waals surface area (Å²) in [6.07, 6.45) is -0.0438. The molecular weight excluding hydrogens is 264 g/mol. The average molecular weight is 278 g/mol. The van der Waals surface area contributed by atoms with Crippen molar-refractivity contribution >= 4 is 17.7 Å². The Bertz CT molecular complexity index is 570. The van der Waals surface area contributed by atoms with Gasteiger partial charge in [0.25, 0.3) is 5.91 Å². The van der Waals surface area contributed by atoms with E-state index in [0.717, 1.165) is 0 Å². The van der Waals surface area contributed by atoms with E-state index in [9.17, 15) is 14.4 Å². The van der Waals surface area contributed by atoms with Gasteiger partial charge in [-0.15, -0.1) is 0 Å². The summed E-state index contributed by atoms with van der Waals surface area (Å²) in [6, 6.07) is 3.81. The van der Waals surface area contributed by atoms with Crippen LogP contribution in [0.4, 0.5) is 0 Å². The first kappa shape index (κ1) is 13.9. The third-order valence-electron chi connectivity index (χ3n) is 2.92. The Morgan fingerprint density at radius 1 is 1.25 bits per heavy atom. The predicted octanol–water partition coefficient (Wildman–Crippen LogP) is -0.151. The summed E-state index contributed by atoms with van der Waals surface area (Å²) in [7, 11) is 2.95. The van der Waals surface area contributed by atoms with Crippen molar-refractivity contribution in [3.63, 3.8) is 0 Å². The number of benzene rings is 1. The van der Waals surface area contributed by atoms with Crippen LogP contribution in [0.2, 0.25) is 0 Å². The zero-order valence-corrected chi connectivity index (χ0v) is 11.1. The van der Waals surface area contributed by atoms with Crippen LogP contribution >= 0.6 is 0 Å². The Kier molecular flexibility index (Phi) is 3.88. The summed E-state index contributed by atoms with van der Waals surface area (Å²) < 4.78 is 10.2. The smallest absolute Gasteiger partial charge is 0.252 e. The van der Waals surface area contributed by atoms with E-state index in [0.29, 0.717) is 17.1 Å². The molecule has 1 aliphatic rings. The van der Waals surface area contributed by atoms with E-state index in [1.165, 1.54) is 20.3 Å². The molecule has 0 aliphatic carbocycles. The number of hydrogen-bond acceptors (Lipinski definition) is 5. The molecule has 0 spiro atoms. The highest BCUT2D eigenvalue weighted by Crippen LogP contribution is 2.27. The van der Waals surface area contributed by atoms with Gasteiger partial charge in [-0.25, -0.2) is 0 Å². The first-order chi connectivity index (χ1) is 9.55. The Labute approximate surface area is 115 Å². The molecule has 2 N–H and O–H groups in total. The van der Waals surface area contributed by atoms with Gasteiger partial charge in [0, 0.05) is 5.56 Å². The molecule has 1 aromatic carbocycles. The summed E-state index contributed by atoms with van der Waals surface area (Å²) in [5.74, 6) is -0.442. The van der Waals surface area contributed by atoms with Crippen LogP contribution in [0.25, 0.3) is 0 Å². The number of rotatable bonds is 4. The minimum absolute atomic E-state index is 0.0438. The Balaban J connectivity index is 2.13. The lowest BCUT2D eigenvalue weighted by molar-refractivity contribution is -0.125. The molecule has 0 aromatic heterocycles. The van der Waals surface area contributed by atoms with E-state index >= 15 is 0 Å². The van der Waals surface area contributed by atoms with Gasteiger partial charge >= 0.3 is 0 Å². The maximum atomic E-state index is 12.0. The highest BCUT2D eigenvalue weighted by atomic mass is 16.5. The van der Waals surface area contributed by atoms with Gasteiger partial charge in [0.1, 0.15) is 6.04 Å². The second kappa shape index (κ2) is 5.60. The fourth-order valence-electron chi connectivity index (χ4n) is 1.89. The summed E-state index contributed by atoms with van der Waals surface area (Å²) in [6.45, 7) is 0. The van der Waals surface area contributed by atoms with Crippen molar-refractivity contribution in [1.29, 1.82) is 0 Å². The minimum Gasteiger partial charge on any atom is -0.493 e. The van der Waals surface area contributed by atoms with Gasteiger partial charge in [0.05, 0.1) is 20.6 Å². The van der Waals surface area contributed by atoms with Crippen LogP contribution in [-0.4, -0.2) is 38.0 Å². The normalized spacial score (nSPS) is 17.6. The topological polar surface area (TPSA) is 93.7 Å². The highest BCUT2D eigenvalue weighted by molar-refractivity contribution is 6.08. The summed E-state index contributed by atoms with van der Waals surface area (Å²) in [5, 5.41) is 4.62. The molecular formula is C13H14N2O5. The van der Waals surface area contributed by atoms with Gasteiger partial charge in [0.2, 0.25) is 11.8 Å². The molecule has 2 rings (SSSR count). The van der Waals surface area contributed by atoms with Crippen LogP contribution in [0, 0.1) is 0 Å². The Morgan fingerprint density at radius 3 is 2.50 bits per heavy atom. The molecule has 20 heavy (non-hydrogen) atoms. The van der Waals surface area contributed by atoms with Gasteiger partial charge < -0.3 is 14.8 Å². The van der Waals surface area contributed by atoms with Crippen molar-refractivity contribution in [1.82, 2.24) is 10.6 Å². The third kappa shape index (κ3) is 2.71. The van der Waals surface area contributed by atoms with Crippen LogP contribution < -0.4 is 20.1 Å². The Hall–Kier alpha value is -2.57. The second-order valence-corrected chi connectivity index (χ2v) is 4.21. The number of carbonyl (C=O) groups is 3. The largest absolute Gasteiger partial charge is 0.493 e. The molecule has 0 saturated carbocycles. The standard InChI is InChI=1S/C13H14N2O5/c1-19-9-4-3-7(5-10(9)20-2)12(17)14-8-6-11(16)15-13(8)18/h3-5,8H,6H2,1-2H3,(H,14,17)(H,15,16,18). The van der Waals surface area contributed by atoms with Crippen LogP contribution in [0.5, 0.6) is 11.5 Å². The fraction of sp³-hybridized carbons (Fsp3) is 0.308. The maximum Gasteiger partial charge on any atom is 0.252 e. The van der Waals surface area contributed by atoms with Crippen LogP contribution in [-0.2, 0) is 9.59 Å². The molecule has 7 nitrogen and oxygen atoms in total. The number of methoxy groups -OCH3 is 2. The van der Waals surface area contributed by atoms with E-state index in [1.807, 2.05) is 0 Å². The van der Waals surface area contributed by atoms with E-state index < -0.39 is 23.8 Å². The van der Waals surface area contributed by atoms with E-state index in [4.69, 9.17) is 9.47 Å². The van der Waals surface area contributed by atoms with Crippen LogP contribution in [0.1, 0.15) is 16.8 Å². The summed E-state index contributed by atoms with van der Waals surface area (Å²) in [5.41, 5.74) is 0.315. The van der Waals surface area contributed by atoms with Gasteiger partial charge in [-0.2, -0.15) is 0 Å². The molecule has 3 amide bonds. The number of amides is 3. The van der Waals surface area contributed by atoms with Crippen molar-refractivity contribution < 1.29 is 23.9 Å². The van der Waals surface area contributed by atoms with Gasteiger partial charge in [-0.3, -0.25) is 19.7 Å². The molecule has 0 radical (unpaired) electrons. The molecule has 1 fully saturated rings. The molecule has 106 valence electrons. The zero-order valence-electron chi connectivity index (χ0n) is 11.1. The SMILES string of the molecule is COc1ccc(C(=O)NC2CC(=O)NC2=O)cc1OC. The van der Waals surface area contributed by atoms with Gasteiger partial charge in [-0.05, 0) is 18.2 Å². The van der Waals surface area contributed by atoms with Crippen molar-refractivity contribution in [3.8, 4) is 11.5 Å². The monoisotopic (exact) mass is 278 g/mol. The molecule has 1 unspecified atom stereocenters. The number of hydrogen-bond donors (Lipinski definition) is 2. The average Bonchev–Trinajstić information content (AvgIpc) is 2.75. The Morgan fingerprint density at radius 2 is 1.95 bits per heavy atom. The first-order valence-electron chi connectivity index (χ1n) is 5.91. The molecule has 7 heteroatoms. The number of carbonyl (C=O) groups excluding carboxylic acids is 3. The highest BCUT2D eigenvalue weighted by Gasteiger charge is 2.31. The molecule has 1 saturated heterocycles. The van der Waals surface area contributed by atoms with E-state index in [-0.39, 0.29) is 6.42 Å². The molecule has 1 heterocycles. The van der Waals surface area contributed by atoms with E-state index in [2.05, 4.69) is 10.6 Å². The number of nitrogens with one attached hydrogen (secondary N) is 2. The quantitative estimate of drug-likeness (QED) is 0.747. The van der Waals surface area contributed by atoms with Gasteiger partial charge in [0.15, 0.2) is 11.5 Å². The third-order valence-corrected chi connectivity index (χ3v) is 2.92. The van der Waals surface area contributed by atoms with Crippen LogP contribution in [0.3, 0.4) is 0 Å². The van der Waals surface area contributed by atoms with Crippen molar-refractivity contribution in [2.75, 3.05) is 14.2 Å². The maximum absolute atomic E-state index is 12.0. The minimum atomic E-state index is -0.830. The van der Waals surface area contributed by atoms with E-state index in [1.54, 1.807) is 12.1 Å². The van der Waals surface area contributed by atoms with Crippen molar-refractivity contribution in [2.24, 2.45) is 0 Å². The molecule has 1 aromatic rings. The molecule has 1 aliphatic heterocycles. The molecule has 0 bridgehead atoms. The van der Waals surface area contributed by atoms with Crippen molar-refractivity contribution in [3.05, 3.63) is 23.8 Å².